The molecule has 1 aromatic rings. The SMILES string of the molecule is CCCCCCCCCCCCCCCCN.Cl.c1ccncc1. The van der Waals surface area contributed by atoms with Gasteiger partial charge < -0.3 is 5.73 Å². The van der Waals surface area contributed by atoms with E-state index < -0.39 is 0 Å². The van der Waals surface area contributed by atoms with E-state index in [0.717, 1.165) is 6.54 Å². The van der Waals surface area contributed by atoms with Gasteiger partial charge >= 0.3 is 0 Å². The number of hydrogen-bond acceptors (Lipinski definition) is 2. The van der Waals surface area contributed by atoms with Gasteiger partial charge in [0.1, 0.15) is 0 Å². The molecular weight excluding hydrogens is 316 g/mol. The van der Waals surface area contributed by atoms with Crippen LogP contribution in [-0.2, 0) is 0 Å². The van der Waals surface area contributed by atoms with Crippen LogP contribution in [0.4, 0.5) is 0 Å². The van der Waals surface area contributed by atoms with Crippen LogP contribution in [0.1, 0.15) is 96.8 Å². The molecule has 24 heavy (non-hydrogen) atoms. The molecule has 0 aliphatic rings. The predicted molar refractivity (Wildman–Crippen MR) is 111 cm³/mol. The Kier molecular flexibility index (Phi) is 26.3. The number of aromatic nitrogens is 1. The Balaban J connectivity index is 0. The van der Waals surface area contributed by atoms with Crippen molar-refractivity contribution in [3.8, 4) is 0 Å². The second-order valence-corrected chi connectivity index (χ2v) is 6.41. The van der Waals surface area contributed by atoms with Gasteiger partial charge in [-0.25, -0.2) is 0 Å². The lowest BCUT2D eigenvalue weighted by Crippen LogP contribution is -1.97. The van der Waals surface area contributed by atoms with E-state index in [4.69, 9.17) is 5.73 Å². The fraction of sp³-hybridized carbons (Fsp3) is 0.762. The van der Waals surface area contributed by atoms with Crippen LogP contribution in [0.5, 0.6) is 0 Å². The fourth-order valence-corrected chi connectivity index (χ4v) is 2.65. The molecule has 142 valence electrons. The zero-order valence-electron chi connectivity index (χ0n) is 15.9. The van der Waals surface area contributed by atoms with Gasteiger partial charge in [0.2, 0.25) is 0 Å². The van der Waals surface area contributed by atoms with Crippen LogP contribution in [0.3, 0.4) is 0 Å². The van der Waals surface area contributed by atoms with Crippen LogP contribution in [-0.4, -0.2) is 11.5 Å². The summed E-state index contributed by atoms with van der Waals surface area (Å²) < 4.78 is 0. The van der Waals surface area contributed by atoms with Gasteiger partial charge in [0.05, 0.1) is 0 Å². The summed E-state index contributed by atoms with van der Waals surface area (Å²) in [6, 6.07) is 5.72. The molecule has 1 aromatic heterocycles. The van der Waals surface area contributed by atoms with Crippen molar-refractivity contribution in [1.29, 1.82) is 0 Å². The topological polar surface area (TPSA) is 38.9 Å². The Bertz CT molecular complexity index is 252. The second kappa shape index (κ2) is 24.6. The first-order chi connectivity index (χ1) is 11.4. The minimum absolute atomic E-state index is 0. The van der Waals surface area contributed by atoms with E-state index >= 15 is 0 Å². The van der Waals surface area contributed by atoms with Crippen LogP contribution < -0.4 is 5.73 Å². The van der Waals surface area contributed by atoms with Crippen molar-refractivity contribution < 1.29 is 0 Å². The maximum atomic E-state index is 5.47. The molecule has 0 saturated heterocycles. The minimum Gasteiger partial charge on any atom is -0.330 e. The summed E-state index contributed by atoms with van der Waals surface area (Å²) in [6.07, 6.45) is 23.4. The molecule has 3 heteroatoms. The van der Waals surface area contributed by atoms with E-state index in [9.17, 15) is 0 Å². The maximum Gasteiger partial charge on any atom is 0.0267 e. The van der Waals surface area contributed by atoms with Gasteiger partial charge in [0.15, 0.2) is 0 Å². The van der Waals surface area contributed by atoms with Gasteiger partial charge in [0, 0.05) is 12.4 Å². The number of nitrogens with two attached hydrogens (primary N) is 1. The zero-order chi connectivity index (χ0) is 16.8. The summed E-state index contributed by atoms with van der Waals surface area (Å²) in [5, 5.41) is 0. The molecule has 2 nitrogen and oxygen atoms in total. The van der Waals surface area contributed by atoms with Gasteiger partial charge in [-0.05, 0) is 25.1 Å². The summed E-state index contributed by atoms with van der Waals surface area (Å²) in [5.74, 6) is 0. The number of rotatable bonds is 14. The molecule has 1 heterocycles. The lowest BCUT2D eigenvalue weighted by atomic mass is 10.0. The van der Waals surface area contributed by atoms with Crippen LogP contribution in [0.2, 0.25) is 0 Å². The molecule has 0 spiro atoms. The summed E-state index contributed by atoms with van der Waals surface area (Å²) in [6.45, 7) is 3.16. The maximum absolute atomic E-state index is 5.47. The summed E-state index contributed by atoms with van der Waals surface area (Å²) in [4.78, 5) is 3.78. The third-order valence-corrected chi connectivity index (χ3v) is 4.12. The quantitative estimate of drug-likeness (QED) is 0.367. The van der Waals surface area contributed by atoms with Crippen molar-refractivity contribution in [1.82, 2.24) is 4.98 Å². The van der Waals surface area contributed by atoms with Crippen LogP contribution >= 0.6 is 12.4 Å². The van der Waals surface area contributed by atoms with E-state index in [2.05, 4.69) is 11.9 Å². The van der Waals surface area contributed by atoms with Crippen LogP contribution in [0.15, 0.2) is 30.6 Å². The van der Waals surface area contributed by atoms with Gasteiger partial charge in [-0.3, -0.25) is 4.98 Å². The average molecular weight is 357 g/mol. The van der Waals surface area contributed by atoms with Gasteiger partial charge in [-0.2, -0.15) is 0 Å². The lowest BCUT2D eigenvalue weighted by molar-refractivity contribution is 0.536. The first kappa shape index (κ1) is 25.6. The molecule has 0 bridgehead atoms. The Morgan fingerprint density at radius 1 is 0.583 bits per heavy atom. The van der Waals surface area contributed by atoms with Gasteiger partial charge in [-0.15, -0.1) is 12.4 Å². The highest BCUT2D eigenvalue weighted by atomic mass is 35.5. The molecule has 2 N–H and O–H groups in total. The monoisotopic (exact) mass is 356 g/mol. The van der Waals surface area contributed by atoms with E-state index in [1.807, 2.05) is 18.2 Å². The first-order valence-electron chi connectivity index (χ1n) is 9.97. The van der Waals surface area contributed by atoms with Gasteiger partial charge in [-0.1, -0.05) is 96.5 Å². The normalized spacial score (nSPS) is 9.75. The first-order valence-corrected chi connectivity index (χ1v) is 9.97. The van der Waals surface area contributed by atoms with E-state index in [1.165, 1.54) is 89.9 Å². The minimum atomic E-state index is 0. The van der Waals surface area contributed by atoms with Crippen LogP contribution in [0, 0.1) is 0 Å². The number of halogens is 1. The summed E-state index contributed by atoms with van der Waals surface area (Å²) >= 11 is 0. The smallest absolute Gasteiger partial charge is 0.0267 e. The predicted octanol–water partition coefficient (Wildman–Crippen LogP) is 6.93. The highest BCUT2D eigenvalue weighted by Gasteiger charge is 1.93. The molecule has 0 saturated carbocycles. The molecule has 0 aromatic carbocycles. The van der Waals surface area contributed by atoms with Crippen molar-refractivity contribution in [2.24, 2.45) is 5.73 Å². The highest BCUT2D eigenvalue weighted by molar-refractivity contribution is 5.85. The highest BCUT2D eigenvalue weighted by Crippen LogP contribution is 2.12. The molecule has 1 rings (SSSR count). The Morgan fingerprint density at radius 3 is 1.21 bits per heavy atom. The molecule has 0 aliphatic heterocycles. The molecule has 0 amide bonds. The van der Waals surface area contributed by atoms with Crippen LogP contribution in [0.25, 0.3) is 0 Å². The molecule has 0 unspecified atom stereocenters. The zero-order valence-corrected chi connectivity index (χ0v) is 16.7. The van der Waals surface area contributed by atoms with Crippen molar-refractivity contribution >= 4 is 12.4 Å². The molecule has 0 fully saturated rings. The Morgan fingerprint density at radius 2 is 0.958 bits per heavy atom. The molecular formula is C21H41ClN2. The van der Waals surface area contributed by atoms with Crippen molar-refractivity contribution in [2.45, 2.75) is 96.8 Å². The van der Waals surface area contributed by atoms with Crippen molar-refractivity contribution in [3.05, 3.63) is 30.6 Å². The third kappa shape index (κ3) is 23.7. The van der Waals surface area contributed by atoms with Crippen molar-refractivity contribution in [2.75, 3.05) is 6.54 Å². The van der Waals surface area contributed by atoms with E-state index in [1.54, 1.807) is 12.4 Å². The third-order valence-electron chi connectivity index (χ3n) is 4.12. The fourth-order valence-electron chi connectivity index (χ4n) is 2.65. The number of nitrogens with zero attached hydrogens (tertiary/aromatic N) is 1. The lowest BCUT2D eigenvalue weighted by Gasteiger charge is -2.02. The number of pyridine rings is 1. The number of unbranched alkanes of at least 4 members (excludes halogenated alkanes) is 13. The largest absolute Gasteiger partial charge is 0.330 e. The van der Waals surface area contributed by atoms with Gasteiger partial charge in [0.25, 0.3) is 0 Å². The summed E-state index contributed by atoms with van der Waals surface area (Å²) in [7, 11) is 0. The Labute approximate surface area is 157 Å². The molecule has 0 aliphatic carbocycles. The summed E-state index contributed by atoms with van der Waals surface area (Å²) in [5.41, 5.74) is 5.47. The molecule has 0 radical (unpaired) electrons. The van der Waals surface area contributed by atoms with E-state index in [-0.39, 0.29) is 12.4 Å². The Hall–Kier alpha value is -0.600. The molecule has 0 atom stereocenters. The second-order valence-electron chi connectivity index (χ2n) is 6.41. The average Bonchev–Trinajstić information content (AvgIpc) is 2.61. The van der Waals surface area contributed by atoms with Crippen molar-refractivity contribution in [3.63, 3.8) is 0 Å². The van der Waals surface area contributed by atoms with E-state index in [0.29, 0.717) is 0 Å². The standard InChI is InChI=1S/C16H35N.C5H5N.ClH/c1-2-3-4-5-6-7-8-9-10-11-12-13-14-15-16-17;1-2-4-6-5-3-1;/h2-17H2,1H3;1-5H;1H. The number of hydrogen-bond donors (Lipinski definition) is 1.